The molecule has 0 amide bonds. The van der Waals surface area contributed by atoms with Gasteiger partial charge in [0.25, 0.3) is 5.56 Å². The summed E-state index contributed by atoms with van der Waals surface area (Å²) < 4.78 is 7.60. The highest BCUT2D eigenvalue weighted by molar-refractivity contribution is 5.73. The number of aromatic amines is 1. The molecule has 2 aromatic rings. The summed E-state index contributed by atoms with van der Waals surface area (Å²) in [5.41, 5.74) is 0.0673. The van der Waals surface area contributed by atoms with E-state index in [4.69, 9.17) is 4.74 Å². The number of H-pyrrole nitrogens is 1. The maximum absolute atomic E-state index is 12.3. The molecule has 2 aromatic heterocycles. The van der Waals surface area contributed by atoms with E-state index in [1.165, 1.54) is 11.6 Å². The smallest absolute Gasteiger partial charge is 0.332 e. The van der Waals surface area contributed by atoms with Gasteiger partial charge < -0.3 is 14.6 Å². The number of ether oxygens (including phenoxy) is 1. The van der Waals surface area contributed by atoms with E-state index in [2.05, 4.69) is 19.8 Å². The SMILES string of the molecule is COCCCCN1CCN(c2nc3c(=O)n(C)c(=O)n(C)c3[nH]2)CC1. The van der Waals surface area contributed by atoms with Crippen molar-refractivity contribution in [2.75, 3.05) is 51.3 Å². The van der Waals surface area contributed by atoms with Gasteiger partial charge in [0.1, 0.15) is 5.65 Å². The van der Waals surface area contributed by atoms with Gasteiger partial charge in [0.15, 0.2) is 5.52 Å². The molecule has 9 heteroatoms. The second-order valence-electron chi connectivity index (χ2n) is 6.49. The van der Waals surface area contributed by atoms with Crippen LogP contribution in [0.25, 0.3) is 11.2 Å². The number of anilines is 1. The number of aryl methyl sites for hydroxylation is 1. The van der Waals surface area contributed by atoms with Crippen molar-refractivity contribution in [2.24, 2.45) is 14.1 Å². The van der Waals surface area contributed by atoms with Crippen LogP contribution in [0.4, 0.5) is 5.95 Å². The summed E-state index contributed by atoms with van der Waals surface area (Å²) in [6.45, 7) is 5.50. The first-order valence-electron chi connectivity index (χ1n) is 8.65. The van der Waals surface area contributed by atoms with Gasteiger partial charge in [-0.05, 0) is 19.4 Å². The fourth-order valence-corrected chi connectivity index (χ4v) is 3.22. The molecule has 1 aliphatic heterocycles. The summed E-state index contributed by atoms with van der Waals surface area (Å²) >= 11 is 0. The Morgan fingerprint density at radius 2 is 1.80 bits per heavy atom. The number of methoxy groups -OCH3 is 1. The highest BCUT2D eigenvalue weighted by Crippen LogP contribution is 2.15. The van der Waals surface area contributed by atoms with E-state index in [9.17, 15) is 9.59 Å². The van der Waals surface area contributed by atoms with Crippen LogP contribution >= 0.6 is 0 Å². The Morgan fingerprint density at radius 1 is 1.08 bits per heavy atom. The summed E-state index contributed by atoms with van der Waals surface area (Å²) in [7, 11) is 4.85. The number of hydrogen-bond acceptors (Lipinski definition) is 6. The Balaban J connectivity index is 1.70. The standard InChI is InChI=1S/C16H26N6O3/c1-19-13-12(14(23)20(2)16(19)24)17-15(18-13)22-9-7-21(8-10-22)6-4-5-11-25-3/h4-11H2,1-3H3,(H,17,18). The molecule has 0 aliphatic carbocycles. The lowest BCUT2D eigenvalue weighted by Gasteiger charge is -2.34. The molecule has 3 rings (SSSR count). The zero-order chi connectivity index (χ0) is 18.0. The second kappa shape index (κ2) is 7.40. The number of nitrogens with one attached hydrogen (secondary N) is 1. The van der Waals surface area contributed by atoms with Gasteiger partial charge in [-0.2, -0.15) is 0 Å². The van der Waals surface area contributed by atoms with E-state index in [-0.39, 0.29) is 11.2 Å². The fourth-order valence-electron chi connectivity index (χ4n) is 3.22. The molecule has 0 bridgehead atoms. The van der Waals surface area contributed by atoms with E-state index in [0.717, 1.165) is 56.7 Å². The number of hydrogen-bond donors (Lipinski definition) is 1. The second-order valence-corrected chi connectivity index (χ2v) is 6.49. The summed E-state index contributed by atoms with van der Waals surface area (Å²) in [4.78, 5) is 36.4. The normalized spacial score (nSPS) is 16.0. The Morgan fingerprint density at radius 3 is 2.48 bits per heavy atom. The molecule has 25 heavy (non-hydrogen) atoms. The van der Waals surface area contributed by atoms with Crippen LogP contribution in [0.2, 0.25) is 0 Å². The lowest BCUT2D eigenvalue weighted by molar-refractivity contribution is 0.182. The number of rotatable bonds is 6. The minimum atomic E-state index is -0.364. The first kappa shape index (κ1) is 17.7. The minimum Gasteiger partial charge on any atom is -0.385 e. The van der Waals surface area contributed by atoms with Crippen molar-refractivity contribution in [2.45, 2.75) is 12.8 Å². The van der Waals surface area contributed by atoms with Crippen molar-refractivity contribution >= 4 is 17.1 Å². The molecule has 0 radical (unpaired) electrons. The van der Waals surface area contributed by atoms with E-state index in [1.807, 2.05) is 0 Å². The first-order valence-corrected chi connectivity index (χ1v) is 8.65. The van der Waals surface area contributed by atoms with Gasteiger partial charge >= 0.3 is 5.69 Å². The van der Waals surface area contributed by atoms with Crippen molar-refractivity contribution in [1.29, 1.82) is 0 Å². The molecule has 0 saturated carbocycles. The third kappa shape index (κ3) is 3.47. The monoisotopic (exact) mass is 350 g/mol. The highest BCUT2D eigenvalue weighted by atomic mass is 16.5. The highest BCUT2D eigenvalue weighted by Gasteiger charge is 2.21. The maximum Gasteiger partial charge on any atom is 0.332 e. The summed E-state index contributed by atoms with van der Waals surface area (Å²) in [6.07, 6.45) is 2.22. The number of aromatic nitrogens is 4. The molecule has 1 N–H and O–H groups in total. The Kier molecular flexibility index (Phi) is 5.24. The van der Waals surface area contributed by atoms with Gasteiger partial charge in [0, 0.05) is 54.0 Å². The average Bonchev–Trinajstić information content (AvgIpc) is 3.08. The molecule has 9 nitrogen and oxygen atoms in total. The summed E-state index contributed by atoms with van der Waals surface area (Å²) in [6, 6.07) is 0. The van der Waals surface area contributed by atoms with E-state index in [1.54, 1.807) is 14.2 Å². The zero-order valence-electron chi connectivity index (χ0n) is 15.1. The largest absolute Gasteiger partial charge is 0.385 e. The molecule has 0 aromatic carbocycles. The molecular formula is C16H26N6O3. The Hall–Kier alpha value is -2.13. The molecule has 1 fully saturated rings. The molecular weight excluding hydrogens is 324 g/mol. The number of unbranched alkanes of at least 4 members (excludes halogenated alkanes) is 1. The van der Waals surface area contributed by atoms with Gasteiger partial charge in [-0.1, -0.05) is 0 Å². The maximum atomic E-state index is 12.3. The topological polar surface area (TPSA) is 88.4 Å². The van der Waals surface area contributed by atoms with Gasteiger partial charge in [0.2, 0.25) is 5.95 Å². The van der Waals surface area contributed by atoms with Crippen LogP contribution in [0.15, 0.2) is 9.59 Å². The van der Waals surface area contributed by atoms with Crippen LogP contribution in [0.3, 0.4) is 0 Å². The average molecular weight is 350 g/mol. The van der Waals surface area contributed by atoms with Crippen molar-refractivity contribution in [1.82, 2.24) is 24.0 Å². The molecule has 1 aliphatic rings. The molecule has 0 atom stereocenters. The van der Waals surface area contributed by atoms with Crippen molar-refractivity contribution in [3.8, 4) is 0 Å². The van der Waals surface area contributed by atoms with Crippen molar-refractivity contribution in [3.63, 3.8) is 0 Å². The number of fused-ring (bicyclic) bond motifs is 1. The predicted molar refractivity (Wildman–Crippen MR) is 96.3 cm³/mol. The third-order valence-electron chi connectivity index (χ3n) is 4.83. The molecule has 1 saturated heterocycles. The number of nitrogens with zero attached hydrogens (tertiary/aromatic N) is 5. The van der Waals surface area contributed by atoms with Crippen LogP contribution in [0, 0.1) is 0 Å². The predicted octanol–water partition coefficient (Wildman–Crippen LogP) is -0.491. The van der Waals surface area contributed by atoms with Gasteiger partial charge in [0.05, 0.1) is 0 Å². The Bertz CT molecular complexity index is 844. The fraction of sp³-hybridized carbons (Fsp3) is 0.688. The van der Waals surface area contributed by atoms with Crippen molar-refractivity contribution in [3.05, 3.63) is 20.8 Å². The van der Waals surface area contributed by atoms with Crippen LogP contribution in [-0.4, -0.2) is 70.4 Å². The van der Waals surface area contributed by atoms with Gasteiger partial charge in [-0.15, -0.1) is 0 Å². The molecule has 138 valence electrons. The lowest BCUT2D eigenvalue weighted by Crippen LogP contribution is -2.47. The van der Waals surface area contributed by atoms with E-state index < -0.39 is 0 Å². The van der Waals surface area contributed by atoms with Crippen LogP contribution in [0.5, 0.6) is 0 Å². The van der Waals surface area contributed by atoms with Gasteiger partial charge in [-0.25, -0.2) is 9.78 Å². The minimum absolute atomic E-state index is 0.307. The molecule has 0 unspecified atom stereocenters. The molecule has 0 spiro atoms. The molecule has 3 heterocycles. The Labute approximate surface area is 145 Å². The van der Waals surface area contributed by atoms with Crippen molar-refractivity contribution < 1.29 is 4.74 Å². The van der Waals surface area contributed by atoms with E-state index >= 15 is 0 Å². The summed E-state index contributed by atoms with van der Waals surface area (Å²) in [5, 5.41) is 0. The van der Waals surface area contributed by atoms with Crippen LogP contribution < -0.4 is 16.1 Å². The van der Waals surface area contributed by atoms with Crippen LogP contribution in [0.1, 0.15) is 12.8 Å². The number of piperazine rings is 1. The quantitative estimate of drug-likeness (QED) is 0.707. The third-order valence-corrected chi connectivity index (χ3v) is 4.83. The zero-order valence-corrected chi connectivity index (χ0v) is 15.1. The van der Waals surface area contributed by atoms with Crippen LogP contribution in [-0.2, 0) is 18.8 Å². The number of imidazole rings is 1. The lowest BCUT2D eigenvalue weighted by atomic mass is 10.2. The summed E-state index contributed by atoms with van der Waals surface area (Å²) in [5.74, 6) is 0.660. The van der Waals surface area contributed by atoms with E-state index in [0.29, 0.717) is 17.1 Å². The van der Waals surface area contributed by atoms with Gasteiger partial charge in [-0.3, -0.25) is 18.8 Å². The first-order chi connectivity index (χ1) is 12.0.